The number of sulfone groups is 1. The number of carboxylic acid groups (broad SMARTS) is 1. The van der Waals surface area contributed by atoms with Crippen molar-refractivity contribution in [2.45, 2.75) is 18.2 Å². The summed E-state index contributed by atoms with van der Waals surface area (Å²) in [5.41, 5.74) is 5.94. The van der Waals surface area contributed by atoms with Gasteiger partial charge in [-0.1, -0.05) is 36.4 Å². The number of carbonyl (C=O) groups is 1. The van der Waals surface area contributed by atoms with E-state index in [-0.39, 0.29) is 12.2 Å². The highest BCUT2D eigenvalue weighted by atomic mass is 32.2. The molecule has 1 aromatic carbocycles. The molecule has 0 aliphatic heterocycles. The van der Waals surface area contributed by atoms with Crippen molar-refractivity contribution in [3.63, 3.8) is 0 Å². The maximum Gasteiger partial charge on any atom is 0.320 e. The first-order chi connectivity index (χ1) is 8.41. The van der Waals surface area contributed by atoms with Crippen LogP contribution in [0.4, 0.5) is 0 Å². The molecule has 0 aliphatic carbocycles. The van der Waals surface area contributed by atoms with Crippen molar-refractivity contribution in [1.82, 2.24) is 0 Å². The highest BCUT2D eigenvalue weighted by Gasteiger charge is 2.10. The zero-order valence-corrected chi connectivity index (χ0v) is 10.5. The lowest BCUT2D eigenvalue weighted by Crippen LogP contribution is -2.29. The van der Waals surface area contributed by atoms with E-state index in [1.54, 1.807) is 30.3 Å². The molecule has 18 heavy (non-hydrogen) atoms. The molecule has 1 atom stereocenters. The molecule has 0 fully saturated rings. The summed E-state index contributed by atoms with van der Waals surface area (Å²) in [5, 5.41) is 9.55. The van der Waals surface area contributed by atoms with Crippen LogP contribution in [0.5, 0.6) is 0 Å². The SMILES string of the molecule is N[C@@H](CC=CS(=O)(=O)Cc1ccccc1)C(=O)O. The number of carboxylic acids is 1. The Morgan fingerprint density at radius 2 is 1.94 bits per heavy atom. The first kappa shape index (κ1) is 14.4. The molecule has 0 spiro atoms. The predicted octanol–water partition coefficient (Wildman–Crippen LogP) is 0.917. The Kier molecular flexibility index (Phi) is 5.06. The smallest absolute Gasteiger partial charge is 0.320 e. The molecule has 3 N–H and O–H groups in total. The third-order valence-electron chi connectivity index (χ3n) is 2.22. The molecule has 98 valence electrons. The number of hydrogen-bond donors (Lipinski definition) is 2. The first-order valence-electron chi connectivity index (χ1n) is 5.32. The first-order valence-corrected chi connectivity index (χ1v) is 7.04. The molecule has 1 aromatic rings. The zero-order chi connectivity index (χ0) is 13.6. The van der Waals surface area contributed by atoms with Gasteiger partial charge in [-0.05, 0) is 12.0 Å². The fourth-order valence-corrected chi connectivity index (χ4v) is 2.46. The second-order valence-electron chi connectivity index (χ2n) is 3.85. The maximum absolute atomic E-state index is 11.7. The van der Waals surface area contributed by atoms with Crippen LogP contribution >= 0.6 is 0 Å². The van der Waals surface area contributed by atoms with E-state index in [0.717, 1.165) is 5.41 Å². The van der Waals surface area contributed by atoms with Crippen LogP contribution in [-0.4, -0.2) is 25.5 Å². The van der Waals surface area contributed by atoms with E-state index in [4.69, 9.17) is 10.8 Å². The Morgan fingerprint density at radius 1 is 1.33 bits per heavy atom. The normalized spacial score (nSPS) is 13.6. The van der Waals surface area contributed by atoms with Crippen LogP contribution < -0.4 is 5.73 Å². The summed E-state index contributed by atoms with van der Waals surface area (Å²) in [5.74, 6) is -1.26. The molecule has 0 aliphatic rings. The zero-order valence-electron chi connectivity index (χ0n) is 9.69. The minimum Gasteiger partial charge on any atom is -0.480 e. The Labute approximate surface area is 106 Å². The van der Waals surface area contributed by atoms with Crippen molar-refractivity contribution < 1.29 is 18.3 Å². The van der Waals surface area contributed by atoms with Crippen molar-refractivity contribution in [2.24, 2.45) is 5.73 Å². The van der Waals surface area contributed by atoms with Crippen molar-refractivity contribution in [2.75, 3.05) is 0 Å². The second-order valence-corrected chi connectivity index (χ2v) is 5.73. The highest BCUT2D eigenvalue weighted by Crippen LogP contribution is 2.07. The van der Waals surface area contributed by atoms with Gasteiger partial charge in [0.1, 0.15) is 6.04 Å². The van der Waals surface area contributed by atoms with Crippen molar-refractivity contribution >= 4 is 15.8 Å². The van der Waals surface area contributed by atoms with Gasteiger partial charge in [-0.3, -0.25) is 4.79 Å². The molecule has 6 heteroatoms. The minimum absolute atomic E-state index is 0.0106. The molecule has 0 radical (unpaired) electrons. The summed E-state index contributed by atoms with van der Waals surface area (Å²) in [4.78, 5) is 10.4. The van der Waals surface area contributed by atoms with Gasteiger partial charge < -0.3 is 10.8 Å². The molecular formula is C12H15NO4S. The highest BCUT2D eigenvalue weighted by molar-refractivity contribution is 7.93. The molecule has 0 heterocycles. The van der Waals surface area contributed by atoms with E-state index in [9.17, 15) is 13.2 Å². The Balaban J connectivity index is 2.60. The summed E-state index contributed by atoms with van der Waals surface area (Å²) in [6.45, 7) is 0. The topological polar surface area (TPSA) is 97.5 Å². The summed E-state index contributed by atoms with van der Waals surface area (Å²) in [6.07, 6.45) is 1.26. The lowest BCUT2D eigenvalue weighted by atomic mass is 10.2. The Hall–Kier alpha value is -1.66. The number of aliphatic carboxylic acids is 1. The molecular weight excluding hydrogens is 254 g/mol. The molecule has 0 unspecified atom stereocenters. The van der Waals surface area contributed by atoms with Crippen LogP contribution in [0.3, 0.4) is 0 Å². The summed E-state index contributed by atoms with van der Waals surface area (Å²) in [6, 6.07) is 7.68. The van der Waals surface area contributed by atoms with Gasteiger partial charge in [-0.25, -0.2) is 8.42 Å². The number of hydrogen-bond acceptors (Lipinski definition) is 4. The lowest BCUT2D eigenvalue weighted by molar-refractivity contribution is -0.138. The van der Waals surface area contributed by atoms with E-state index in [1.807, 2.05) is 0 Å². The second kappa shape index (κ2) is 6.32. The lowest BCUT2D eigenvalue weighted by Gasteiger charge is -2.02. The van der Waals surface area contributed by atoms with Crippen LogP contribution in [0.1, 0.15) is 12.0 Å². The average molecular weight is 269 g/mol. The van der Waals surface area contributed by atoms with E-state index in [2.05, 4.69) is 0 Å². The van der Waals surface area contributed by atoms with Crippen LogP contribution in [-0.2, 0) is 20.4 Å². The van der Waals surface area contributed by atoms with E-state index in [0.29, 0.717) is 5.56 Å². The molecule has 0 aromatic heterocycles. The van der Waals surface area contributed by atoms with Gasteiger partial charge >= 0.3 is 5.97 Å². The van der Waals surface area contributed by atoms with Crippen LogP contribution in [0.25, 0.3) is 0 Å². The van der Waals surface area contributed by atoms with Crippen molar-refractivity contribution in [3.05, 3.63) is 47.4 Å². The summed E-state index contributed by atoms with van der Waals surface area (Å²) in [7, 11) is -3.39. The van der Waals surface area contributed by atoms with Crippen LogP contribution in [0.2, 0.25) is 0 Å². The molecule has 1 rings (SSSR count). The third kappa shape index (κ3) is 5.11. The largest absolute Gasteiger partial charge is 0.480 e. The fraction of sp³-hybridized carbons (Fsp3) is 0.250. The quantitative estimate of drug-likeness (QED) is 0.800. The standard InChI is InChI=1S/C12H15NO4S/c13-11(12(14)15)7-4-8-18(16,17)9-10-5-2-1-3-6-10/h1-6,8,11H,7,9,13H2,(H,14,15)/t11-/m0/s1. The molecule has 0 saturated carbocycles. The van der Waals surface area contributed by atoms with Crippen molar-refractivity contribution in [3.8, 4) is 0 Å². The molecule has 0 amide bonds. The van der Waals surface area contributed by atoms with Gasteiger partial charge in [-0.15, -0.1) is 0 Å². The van der Waals surface area contributed by atoms with Crippen LogP contribution in [0.15, 0.2) is 41.8 Å². The van der Waals surface area contributed by atoms with Gasteiger partial charge in [0, 0.05) is 5.41 Å². The predicted molar refractivity (Wildman–Crippen MR) is 68.4 cm³/mol. The van der Waals surface area contributed by atoms with Gasteiger partial charge in [-0.2, -0.15) is 0 Å². The Morgan fingerprint density at radius 3 is 2.50 bits per heavy atom. The number of nitrogens with two attached hydrogens (primary N) is 1. The Bertz CT molecular complexity index is 522. The van der Waals surface area contributed by atoms with Gasteiger partial charge in [0.25, 0.3) is 0 Å². The summed E-state index contributed by atoms with van der Waals surface area (Å²) < 4.78 is 23.4. The van der Waals surface area contributed by atoms with Crippen LogP contribution in [0, 0.1) is 0 Å². The molecule has 5 nitrogen and oxygen atoms in total. The molecule has 0 saturated heterocycles. The molecule has 0 bridgehead atoms. The average Bonchev–Trinajstić information content (AvgIpc) is 2.29. The van der Waals surface area contributed by atoms with Gasteiger partial charge in [0.05, 0.1) is 5.75 Å². The minimum atomic E-state index is -3.39. The fourth-order valence-electron chi connectivity index (χ4n) is 1.30. The van der Waals surface area contributed by atoms with Crippen molar-refractivity contribution in [1.29, 1.82) is 0 Å². The number of benzene rings is 1. The van der Waals surface area contributed by atoms with E-state index < -0.39 is 21.8 Å². The van der Waals surface area contributed by atoms with E-state index in [1.165, 1.54) is 6.08 Å². The summed E-state index contributed by atoms with van der Waals surface area (Å²) >= 11 is 0. The third-order valence-corrected chi connectivity index (χ3v) is 3.56. The van der Waals surface area contributed by atoms with Gasteiger partial charge in [0.15, 0.2) is 9.84 Å². The van der Waals surface area contributed by atoms with E-state index >= 15 is 0 Å². The monoisotopic (exact) mass is 269 g/mol. The van der Waals surface area contributed by atoms with Gasteiger partial charge in [0.2, 0.25) is 0 Å². The number of rotatable bonds is 6. The maximum atomic E-state index is 11.7.